The van der Waals surface area contributed by atoms with Crippen molar-refractivity contribution in [3.8, 4) is 5.88 Å². The topological polar surface area (TPSA) is 84.2 Å². The van der Waals surface area contributed by atoms with Crippen LogP contribution in [0.4, 0.5) is 5.69 Å². The molecule has 142 valence electrons. The molecule has 0 saturated heterocycles. The highest BCUT2D eigenvalue weighted by atomic mass is 16.3. The summed E-state index contributed by atoms with van der Waals surface area (Å²) >= 11 is 0. The number of amides is 1. The van der Waals surface area contributed by atoms with Crippen molar-refractivity contribution in [3.05, 3.63) is 60.0 Å². The van der Waals surface area contributed by atoms with Gasteiger partial charge in [-0.1, -0.05) is 38.1 Å². The molecule has 0 saturated carbocycles. The van der Waals surface area contributed by atoms with Crippen LogP contribution in [0.3, 0.4) is 0 Å². The number of carbonyl (C=O) groups excluding carboxylic acids is 1. The van der Waals surface area contributed by atoms with Gasteiger partial charge in [0.15, 0.2) is 5.69 Å². The summed E-state index contributed by atoms with van der Waals surface area (Å²) in [5.41, 5.74) is 2.79. The first-order valence-electron chi connectivity index (χ1n) is 9.17. The van der Waals surface area contributed by atoms with E-state index in [2.05, 4.69) is 29.1 Å². The van der Waals surface area contributed by atoms with Gasteiger partial charge in [-0.3, -0.25) is 9.20 Å². The Morgan fingerprint density at radius 1 is 1.18 bits per heavy atom. The zero-order chi connectivity index (χ0) is 19.8. The van der Waals surface area contributed by atoms with E-state index in [1.807, 2.05) is 42.5 Å². The maximum absolute atomic E-state index is 12.7. The van der Waals surface area contributed by atoms with Crippen molar-refractivity contribution in [2.45, 2.75) is 27.3 Å². The Balaban J connectivity index is 1.77. The van der Waals surface area contributed by atoms with Gasteiger partial charge in [-0.15, -0.1) is 10.2 Å². The van der Waals surface area contributed by atoms with Gasteiger partial charge >= 0.3 is 5.91 Å². The Hall–Kier alpha value is -3.48. The zero-order valence-corrected chi connectivity index (χ0v) is 16.0. The number of aromatic nitrogens is 3. The van der Waals surface area contributed by atoms with Crippen molar-refractivity contribution < 1.29 is 9.90 Å². The highest BCUT2D eigenvalue weighted by Crippen LogP contribution is 2.39. The van der Waals surface area contributed by atoms with Crippen molar-refractivity contribution in [2.24, 2.45) is 16.1 Å². The van der Waals surface area contributed by atoms with Crippen molar-refractivity contribution in [1.82, 2.24) is 14.0 Å². The number of pyridine rings is 1. The van der Waals surface area contributed by atoms with Crippen LogP contribution < -0.4 is 0 Å². The summed E-state index contributed by atoms with van der Waals surface area (Å²) in [4.78, 5) is 17.1. The molecule has 4 aromatic rings. The molecule has 0 unspecified atom stereocenters. The quantitative estimate of drug-likeness (QED) is 0.516. The van der Waals surface area contributed by atoms with E-state index in [1.165, 1.54) is 0 Å². The lowest BCUT2D eigenvalue weighted by Crippen LogP contribution is -2.03. The van der Waals surface area contributed by atoms with Gasteiger partial charge in [0.05, 0.1) is 11.2 Å². The fourth-order valence-electron chi connectivity index (χ4n) is 3.43. The molecule has 0 bridgehead atoms. The van der Waals surface area contributed by atoms with Crippen molar-refractivity contribution in [2.75, 3.05) is 0 Å². The average molecular weight is 375 g/mol. The largest absolute Gasteiger partial charge is 0.493 e. The first-order valence-corrected chi connectivity index (χ1v) is 9.17. The fourth-order valence-corrected chi connectivity index (χ4v) is 3.43. The molecule has 0 atom stereocenters. The van der Waals surface area contributed by atoms with Crippen molar-refractivity contribution >= 4 is 28.1 Å². The summed E-state index contributed by atoms with van der Waals surface area (Å²) < 4.78 is 3.50. The molecule has 0 aliphatic carbocycles. The third-order valence-corrected chi connectivity index (χ3v) is 4.61. The Labute approximate surface area is 162 Å². The smallest absolute Gasteiger partial charge is 0.314 e. The number of nitrogens with zero attached hydrogens (tertiary/aromatic N) is 5. The van der Waals surface area contributed by atoms with E-state index in [0.29, 0.717) is 35.2 Å². The zero-order valence-electron chi connectivity index (χ0n) is 16.0. The Morgan fingerprint density at radius 2 is 1.93 bits per heavy atom. The Bertz CT molecular complexity index is 1220. The van der Waals surface area contributed by atoms with E-state index in [0.717, 1.165) is 10.9 Å². The summed E-state index contributed by atoms with van der Waals surface area (Å²) in [5.74, 6) is -0.147. The molecule has 0 aliphatic rings. The van der Waals surface area contributed by atoms with Crippen LogP contribution in [-0.4, -0.2) is 25.0 Å². The van der Waals surface area contributed by atoms with E-state index >= 15 is 0 Å². The van der Waals surface area contributed by atoms with E-state index in [4.69, 9.17) is 0 Å². The predicted octanol–water partition coefficient (Wildman–Crippen LogP) is 4.88. The minimum atomic E-state index is -0.503. The number of rotatable bonds is 4. The molecule has 1 aromatic carbocycles. The van der Waals surface area contributed by atoms with Gasteiger partial charge in [-0.25, -0.2) is 4.98 Å². The van der Waals surface area contributed by atoms with Crippen LogP contribution in [0.25, 0.3) is 16.6 Å². The number of imidazole rings is 1. The van der Waals surface area contributed by atoms with Crippen LogP contribution in [0, 0.1) is 12.8 Å². The first-order chi connectivity index (χ1) is 13.5. The number of para-hydroxylation sites is 1. The third-order valence-electron chi connectivity index (χ3n) is 4.61. The maximum atomic E-state index is 12.7. The van der Waals surface area contributed by atoms with Crippen molar-refractivity contribution in [3.63, 3.8) is 0 Å². The first kappa shape index (κ1) is 17.9. The maximum Gasteiger partial charge on any atom is 0.314 e. The predicted molar refractivity (Wildman–Crippen MR) is 107 cm³/mol. The molecule has 0 aliphatic heterocycles. The highest BCUT2D eigenvalue weighted by molar-refractivity contribution is 5.97. The number of aromatic hydroxyl groups is 1. The van der Waals surface area contributed by atoms with Crippen LogP contribution in [0.15, 0.2) is 58.9 Å². The standard InChI is InChI=1S/C21H21N5O2/c1-13(2)12-26-16-9-5-4-8-15(16)18(21(26)28)23-24-20(27)19-14(3)22-17-10-6-7-11-25(17)19/h4-11,13,28H,12H2,1-3H3. The Morgan fingerprint density at radius 3 is 2.71 bits per heavy atom. The van der Waals surface area contributed by atoms with Gasteiger partial charge in [-0.2, -0.15) is 0 Å². The monoisotopic (exact) mass is 375 g/mol. The number of hydrogen-bond acceptors (Lipinski definition) is 4. The van der Waals surface area contributed by atoms with E-state index in [9.17, 15) is 9.90 Å². The van der Waals surface area contributed by atoms with E-state index < -0.39 is 5.91 Å². The van der Waals surface area contributed by atoms with Gasteiger partial charge in [0.1, 0.15) is 11.3 Å². The SMILES string of the molecule is Cc1nc2ccccn2c1C(=O)N=Nc1c(O)n(CC(C)C)c2ccccc12. The summed E-state index contributed by atoms with van der Waals surface area (Å²) in [5, 5.41) is 19.5. The molecule has 1 amide bonds. The third kappa shape index (κ3) is 2.94. The summed E-state index contributed by atoms with van der Waals surface area (Å²) in [6.07, 6.45) is 1.77. The van der Waals surface area contributed by atoms with Gasteiger partial charge in [0, 0.05) is 18.1 Å². The normalized spacial score (nSPS) is 12.0. The molecule has 7 heteroatoms. The fraction of sp³-hybridized carbons (Fsp3) is 0.238. The number of hydrogen-bond donors (Lipinski definition) is 1. The van der Waals surface area contributed by atoms with E-state index in [-0.39, 0.29) is 5.88 Å². The summed E-state index contributed by atoms with van der Waals surface area (Å²) in [6, 6.07) is 13.1. The number of benzene rings is 1. The average Bonchev–Trinajstić information content (AvgIpc) is 3.14. The van der Waals surface area contributed by atoms with Crippen molar-refractivity contribution in [1.29, 1.82) is 0 Å². The van der Waals surface area contributed by atoms with Gasteiger partial charge in [0.25, 0.3) is 0 Å². The van der Waals surface area contributed by atoms with Crippen LogP contribution in [0.5, 0.6) is 5.88 Å². The lowest BCUT2D eigenvalue weighted by atomic mass is 10.2. The molecular weight excluding hydrogens is 354 g/mol. The Kier molecular flexibility index (Phi) is 4.43. The second-order valence-electron chi connectivity index (χ2n) is 7.17. The molecule has 3 heterocycles. The minimum absolute atomic E-state index is 0.0151. The number of fused-ring (bicyclic) bond motifs is 2. The number of aryl methyl sites for hydroxylation is 1. The second kappa shape index (κ2) is 6.92. The minimum Gasteiger partial charge on any atom is -0.493 e. The molecule has 0 radical (unpaired) electrons. The molecular formula is C21H21N5O2. The molecule has 28 heavy (non-hydrogen) atoms. The van der Waals surface area contributed by atoms with Crippen LogP contribution in [0.2, 0.25) is 0 Å². The number of azo groups is 1. The lowest BCUT2D eigenvalue weighted by molar-refractivity contribution is 0.0989. The van der Waals surface area contributed by atoms with Crippen LogP contribution >= 0.6 is 0 Å². The van der Waals surface area contributed by atoms with Gasteiger partial charge in [-0.05, 0) is 31.0 Å². The molecule has 1 N–H and O–H groups in total. The molecule has 4 rings (SSSR count). The van der Waals surface area contributed by atoms with Crippen LogP contribution in [-0.2, 0) is 6.54 Å². The molecule has 0 fully saturated rings. The second-order valence-corrected chi connectivity index (χ2v) is 7.17. The summed E-state index contributed by atoms with van der Waals surface area (Å²) in [7, 11) is 0. The summed E-state index contributed by atoms with van der Waals surface area (Å²) in [6.45, 7) is 6.56. The van der Waals surface area contributed by atoms with Gasteiger partial charge < -0.3 is 9.67 Å². The number of carbonyl (C=O) groups is 1. The molecule has 0 spiro atoms. The van der Waals surface area contributed by atoms with E-state index in [1.54, 1.807) is 22.1 Å². The highest BCUT2D eigenvalue weighted by Gasteiger charge is 2.19. The van der Waals surface area contributed by atoms with Crippen LogP contribution in [0.1, 0.15) is 30.0 Å². The van der Waals surface area contributed by atoms with Gasteiger partial charge in [0.2, 0.25) is 5.88 Å². The molecule has 7 nitrogen and oxygen atoms in total. The lowest BCUT2D eigenvalue weighted by Gasteiger charge is -2.09. The molecule has 3 aromatic heterocycles.